The SMILES string of the molecule is CC(C)(C)ONC(=O)[C@H]1CN(S(=O)(=O)CCNS(C)(=O)=O)CCN1S(=O)(=O)c1ccc(-c2ccc(Cl)cc2)s1. The van der Waals surface area contributed by atoms with Crippen LogP contribution in [0.2, 0.25) is 5.02 Å². The number of nitrogens with zero attached hydrogens (tertiary/aromatic N) is 2. The zero-order valence-electron chi connectivity index (χ0n) is 21.7. The highest BCUT2D eigenvalue weighted by Crippen LogP contribution is 2.34. The topological polar surface area (TPSA) is 159 Å². The predicted octanol–water partition coefficient (Wildman–Crippen LogP) is 1.47. The summed E-state index contributed by atoms with van der Waals surface area (Å²) in [6.07, 6.45) is 0.905. The van der Waals surface area contributed by atoms with Crippen molar-refractivity contribution in [3.05, 3.63) is 41.4 Å². The van der Waals surface area contributed by atoms with E-state index in [0.29, 0.717) is 9.90 Å². The van der Waals surface area contributed by atoms with Gasteiger partial charge in [0, 0.05) is 36.1 Å². The van der Waals surface area contributed by atoms with Crippen LogP contribution < -0.4 is 10.2 Å². The van der Waals surface area contributed by atoms with Crippen LogP contribution in [0.15, 0.2) is 40.6 Å². The Kier molecular flexibility index (Phi) is 9.88. The van der Waals surface area contributed by atoms with Crippen LogP contribution in [0.4, 0.5) is 0 Å². The molecular formula is C22H31ClN4O8S4. The molecule has 2 aromatic rings. The lowest BCUT2D eigenvalue weighted by atomic mass is 10.2. The Morgan fingerprint density at radius 2 is 1.69 bits per heavy atom. The van der Waals surface area contributed by atoms with Crippen LogP contribution >= 0.6 is 22.9 Å². The van der Waals surface area contributed by atoms with Crippen LogP contribution in [0.5, 0.6) is 0 Å². The summed E-state index contributed by atoms with van der Waals surface area (Å²) in [5.41, 5.74) is 2.22. The van der Waals surface area contributed by atoms with Crippen molar-refractivity contribution in [1.82, 2.24) is 18.8 Å². The quantitative estimate of drug-likeness (QED) is 0.369. The molecule has 1 saturated heterocycles. The second-order valence-corrected chi connectivity index (χ2v) is 17.3. The second-order valence-electron chi connectivity index (χ2n) is 9.78. The van der Waals surface area contributed by atoms with Gasteiger partial charge >= 0.3 is 0 Å². The van der Waals surface area contributed by atoms with Crippen molar-refractivity contribution < 1.29 is 34.9 Å². The number of carbonyl (C=O) groups excluding carboxylic acids is 1. The third-order valence-corrected chi connectivity index (χ3v) is 11.8. The molecule has 3 rings (SSSR count). The molecule has 1 aliphatic heterocycles. The number of carbonyl (C=O) groups is 1. The van der Waals surface area contributed by atoms with Gasteiger partial charge in [0.15, 0.2) is 0 Å². The van der Waals surface area contributed by atoms with Crippen molar-refractivity contribution in [2.75, 3.05) is 38.2 Å². The molecule has 12 nitrogen and oxygen atoms in total. The maximum atomic E-state index is 13.7. The van der Waals surface area contributed by atoms with E-state index in [2.05, 4.69) is 10.2 Å². The van der Waals surface area contributed by atoms with Gasteiger partial charge in [-0.25, -0.2) is 35.5 Å². The van der Waals surface area contributed by atoms with Gasteiger partial charge in [0.25, 0.3) is 15.9 Å². The number of hydrogen-bond donors (Lipinski definition) is 2. The molecule has 1 fully saturated rings. The minimum atomic E-state index is -4.21. The normalized spacial score (nSPS) is 18.2. The number of piperazine rings is 1. The van der Waals surface area contributed by atoms with Crippen molar-refractivity contribution in [2.24, 2.45) is 0 Å². The van der Waals surface area contributed by atoms with E-state index >= 15 is 0 Å². The van der Waals surface area contributed by atoms with Crippen molar-refractivity contribution >= 4 is 58.9 Å². The molecule has 1 aromatic heterocycles. The van der Waals surface area contributed by atoms with E-state index < -0.39 is 59.9 Å². The van der Waals surface area contributed by atoms with Gasteiger partial charge < -0.3 is 0 Å². The Bertz CT molecular complexity index is 1500. The molecule has 0 spiro atoms. The highest BCUT2D eigenvalue weighted by atomic mass is 35.5. The van der Waals surface area contributed by atoms with E-state index in [9.17, 15) is 30.0 Å². The number of nitrogens with one attached hydrogen (secondary N) is 2. The Balaban J connectivity index is 1.88. The lowest BCUT2D eigenvalue weighted by Gasteiger charge is -2.38. The molecule has 17 heteroatoms. The molecule has 2 heterocycles. The highest BCUT2D eigenvalue weighted by Gasteiger charge is 2.44. The number of halogens is 1. The van der Waals surface area contributed by atoms with Gasteiger partial charge in [-0.2, -0.15) is 8.61 Å². The third-order valence-electron chi connectivity index (χ3n) is 5.45. The van der Waals surface area contributed by atoms with Crippen LogP contribution in [0.1, 0.15) is 20.8 Å². The molecule has 39 heavy (non-hydrogen) atoms. The fourth-order valence-electron chi connectivity index (χ4n) is 3.60. The smallest absolute Gasteiger partial charge is 0.263 e. The number of sulfonamides is 3. The van der Waals surface area contributed by atoms with Crippen molar-refractivity contribution in [3.8, 4) is 10.4 Å². The number of rotatable bonds is 10. The minimum Gasteiger partial charge on any atom is -0.271 e. The van der Waals surface area contributed by atoms with E-state index in [1.807, 2.05) is 0 Å². The standard InChI is InChI=1S/C22H31ClN4O8S4/c1-22(2,3)35-25-21(28)18-15-26(38(31,32)14-11-24-37(4,29)30)12-13-27(18)39(33,34)20-10-9-19(36-20)16-5-7-17(23)8-6-16/h5-10,18,24H,11-15H2,1-4H3,(H,25,28)/t18-/m1/s1. The maximum Gasteiger partial charge on any atom is 0.263 e. The second kappa shape index (κ2) is 12.1. The first-order chi connectivity index (χ1) is 17.9. The average Bonchev–Trinajstić information content (AvgIpc) is 3.32. The van der Waals surface area contributed by atoms with Gasteiger partial charge in [-0.3, -0.25) is 9.63 Å². The average molecular weight is 643 g/mol. The van der Waals surface area contributed by atoms with Gasteiger partial charge in [-0.05, 0) is 50.6 Å². The summed E-state index contributed by atoms with van der Waals surface area (Å²) < 4.78 is 79.9. The lowest BCUT2D eigenvalue weighted by Crippen LogP contribution is -2.62. The fraction of sp³-hybridized carbons (Fsp3) is 0.500. The lowest BCUT2D eigenvalue weighted by molar-refractivity contribution is -0.150. The number of amides is 1. The molecular weight excluding hydrogens is 612 g/mol. The van der Waals surface area contributed by atoms with Crippen molar-refractivity contribution in [3.63, 3.8) is 0 Å². The van der Waals surface area contributed by atoms with Crippen LogP contribution in [0, 0.1) is 0 Å². The summed E-state index contributed by atoms with van der Waals surface area (Å²) in [7, 11) is -11.9. The Hall–Kier alpha value is -1.63. The zero-order valence-corrected chi connectivity index (χ0v) is 25.8. The van der Waals surface area contributed by atoms with Gasteiger partial charge in [0.1, 0.15) is 10.3 Å². The fourth-order valence-corrected chi connectivity index (χ4v) is 8.68. The van der Waals surface area contributed by atoms with Crippen molar-refractivity contribution in [1.29, 1.82) is 0 Å². The summed E-state index contributed by atoms with van der Waals surface area (Å²) >= 11 is 6.96. The van der Waals surface area contributed by atoms with Gasteiger partial charge in [0.05, 0.1) is 17.6 Å². The monoisotopic (exact) mass is 642 g/mol. The molecule has 1 atom stereocenters. The molecule has 2 N–H and O–H groups in total. The summed E-state index contributed by atoms with van der Waals surface area (Å²) in [5, 5.41) is 0.536. The van der Waals surface area contributed by atoms with E-state index in [4.69, 9.17) is 16.4 Å². The minimum absolute atomic E-state index is 0.0179. The molecule has 1 amide bonds. The number of thiophene rings is 1. The van der Waals surface area contributed by atoms with Crippen LogP contribution in [0.25, 0.3) is 10.4 Å². The van der Waals surface area contributed by atoms with Crippen LogP contribution in [-0.2, 0) is 39.7 Å². The molecule has 218 valence electrons. The summed E-state index contributed by atoms with van der Waals surface area (Å²) in [6, 6.07) is 8.53. The molecule has 0 aliphatic carbocycles. The van der Waals surface area contributed by atoms with Gasteiger partial charge in [-0.15, -0.1) is 11.3 Å². The Labute approximate surface area is 238 Å². The largest absolute Gasteiger partial charge is 0.271 e. The first kappa shape index (κ1) is 31.9. The van der Waals surface area contributed by atoms with Crippen LogP contribution in [-0.4, -0.2) is 89.6 Å². The van der Waals surface area contributed by atoms with Crippen LogP contribution in [0.3, 0.4) is 0 Å². The Morgan fingerprint density at radius 3 is 2.28 bits per heavy atom. The predicted molar refractivity (Wildman–Crippen MR) is 150 cm³/mol. The summed E-state index contributed by atoms with van der Waals surface area (Å²) in [4.78, 5) is 19.1. The molecule has 1 aromatic carbocycles. The molecule has 1 aliphatic rings. The highest BCUT2D eigenvalue weighted by molar-refractivity contribution is 7.91. The molecule has 0 radical (unpaired) electrons. The molecule has 0 bridgehead atoms. The number of hydrogen-bond acceptors (Lipinski definition) is 9. The van der Waals surface area contributed by atoms with E-state index in [1.165, 1.54) is 6.07 Å². The third kappa shape index (κ3) is 8.68. The Morgan fingerprint density at radius 1 is 1.05 bits per heavy atom. The zero-order chi connectivity index (χ0) is 29.2. The van der Waals surface area contributed by atoms with Gasteiger partial charge in [0.2, 0.25) is 20.0 Å². The molecule has 0 saturated carbocycles. The first-order valence-electron chi connectivity index (χ1n) is 11.7. The summed E-state index contributed by atoms with van der Waals surface area (Å²) in [5.74, 6) is -1.40. The first-order valence-corrected chi connectivity index (χ1v) is 17.8. The maximum absolute atomic E-state index is 13.7. The van der Waals surface area contributed by atoms with E-state index in [-0.39, 0.29) is 23.8 Å². The number of benzene rings is 1. The molecule has 0 unspecified atom stereocenters. The van der Waals surface area contributed by atoms with E-state index in [0.717, 1.165) is 31.8 Å². The van der Waals surface area contributed by atoms with E-state index in [1.54, 1.807) is 51.1 Å². The van der Waals surface area contributed by atoms with Gasteiger partial charge in [-0.1, -0.05) is 23.7 Å². The summed E-state index contributed by atoms with van der Waals surface area (Å²) in [6.45, 7) is 3.67. The number of hydroxylamine groups is 1. The van der Waals surface area contributed by atoms with Crippen molar-refractivity contribution in [2.45, 2.75) is 36.6 Å².